The predicted molar refractivity (Wildman–Crippen MR) is 164 cm³/mol. The number of aromatic nitrogens is 2. The molecule has 0 aliphatic carbocycles. The average Bonchev–Trinajstić information content (AvgIpc) is 3.30. The topological polar surface area (TPSA) is 128 Å². The van der Waals surface area contributed by atoms with Crippen LogP contribution in [0.1, 0.15) is 70.7 Å². The molecule has 7 rings (SSSR count). The van der Waals surface area contributed by atoms with Gasteiger partial charge in [-0.25, -0.2) is 9.97 Å². The quantitative estimate of drug-likeness (QED) is 0.413. The Morgan fingerprint density at radius 3 is 2.18 bits per heavy atom. The summed E-state index contributed by atoms with van der Waals surface area (Å²) < 4.78 is 0. The average molecular weight is 594 g/mol. The first-order chi connectivity index (χ1) is 21.4. The summed E-state index contributed by atoms with van der Waals surface area (Å²) in [6.07, 6.45) is 8.07. The number of hydrogen-bond donors (Lipinski definition) is 2. The summed E-state index contributed by atoms with van der Waals surface area (Å²) >= 11 is 0. The summed E-state index contributed by atoms with van der Waals surface area (Å²) in [7, 11) is 0. The molecule has 4 amide bonds. The van der Waals surface area contributed by atoms with Gasteiger partial charge in [-0.15, -0.1) is 0 Å². The van der Waals surface area contributed by atoms with Crippen LogP contribution in [-0.4, -0.2) is 81.7 Å². The van der Waals surface area contributed by atoms with Gasteiger partial charge in [0.25, 0.3) is 11.8 Å². The number of nitrogens with one attached hydrogen (secondary N) is 2. The van der Waals surface area contributed by atoms with E-state index in [2.05, 4.69) is 54.7 Å². The van der Waals surface area contributed by atoms with Crippen molar-refractivity contribution < 1.29 is 19.2 Å². The molecule has 11 heteroatoms. The molecule has 2 N–H and O–H groups in total. The number of rotatable bonds is 6. The van der Waals surface area contributed by atoms with Gasteiger partial charge in [0.2, 0.25) is 17.8 Å². The van der Waals surface area contributed by atoms with Crippen molar-refractivity contribution >= 4 is 41.0 Å². The number of piperidine rings is 3. The van der Waals surface area contributed by atoms with Crippen LogP contribution in [0, 0.1) is 0 Å². The second kappa shape index (κ2) is 11.8. The summed E-state index contributed by atoms with van der Waals surface area (Å²) in [5.74, 6) is -0.753. The van der Waals surface area contributed by atoms with Crippen molar-refractivity contribution in [1.82, 2.24) is 25.1 Å². The highest BCUT2D eigenvalue weighted by Gasteiger charge is 2.45. The molecular weight excluding hydrogens is 558 g/mol. The van der Waals surface area contributed by atoms with Crippen LogP contribution < -0.4 is 15.5 Å². The van der Waals surface area contributed by atoms with Gasteiger partial charge in [0.1, 0.15) is 6.04 Å². The van der Waals surface area contributed by atoms with Gasteiger partial charge in [-0.1, -0.05) is 12.1 Å². The zero-order chi connectivity index (χ0) is 30.2. The molecule has 226 valence electrons. The van der Waals surface area contributed by atoms with Crippen LogP contribution in [0.4, 0.5) is 17.3 Å². The molecule has 44 heavy (non-hydrogen) atoms. The molecule has 3 fully saturated rings. The van der Waals surface area contributed by atoms with Crippen molar-refractivity contribution in [3.63, 3.8) is 0 Å². The minimum Gasteiger partial charge on any atom is -0.371 e. The standard InChI is InChI=1S/C33H35N7O4/c41-29-9-8-28(30(42)37-29)40-31(43)26-7-6-25(20-27(26)32(40)44)39-18-12-24(13-19-39)38-16-10-22(11-17-38)21-2-4-23(5-3-21)36-33-34-14-1-15-35-33/h1-7,14-15,20,22,24,28H,8-13,16-19H2,(H,34,35,36)(H,37,41,42). The minimum atomic E-state index is -0.949. The lowest BCUT2D eigenvalue weighted by Crippen LogP contribution is -2.54. The second-order valence-corrected chi connectivity index (χ2v) is 12.0. The number of benzene rings is 2. The Kier molecular flexibility index (Phi) is 7.55. The zero-order valence-corrected chi connectivity index (χ0v) is 24.4. The molecule has 0 radical (unpaired) electrons. The monoisotopic (exact) mass is 593 g/mol. The molecule has 4 aliphatic heterocycles. The molecule has 1 atom stereocenters. The van der Waals surface area contributed by atoms with Crippen molar-refractivity contribution in [3.8, 4) is 0 Å². The smallest absolute Gasteiger partial charge is 0.262 e. The van der Waals surface area contributed by atoms with E-state index in [-0.39, 0.29) is 18.7 Å². The van der Waals surface area contributed by atoms with E-state index in [0.29, 0.717) is 29.0 Å². The zero-order valence-electron chi connectivity index (χ0n) is 24.4. The normalized spacial score (nSPS) is 21.9. The maximum Gasteiger partial charge on any atom is 0.262 e. The highest BCUT2D eigenvalue weighted by molar-refractivity contribution is 6.23. The highest BCUT2D eigenvalue weighted by Crippen LogP contribution is 2.34. The third kappa shape index (κ3) is 5.43. The Morgan fingerprint density at radius 1 is 0.773 bits per heavy atom. The van der Waals surface area contributed by atoms with E-state index in [1.807, 2.05) is 6.07 Å². The number of likely N-dealkylation sites (tertiary alicyclic amines) is 1. The largest absolute Gasteiger partial charge is 0.371 e. The molecule has 3 saturated heterocycles. The third-order valence-corrected chi connectivity index (χ3v) is 9.50. The van der Waals surface area contributed by atoms with Gasteiger partial charge in [0, 0.05) is 49.3 Å². The van der Waals surface area contributed by atoms with Gasteiger partial charge < -0.3 is 15.1 Å². The molecule has 2 aromatic carbocycles. The van der Waals surface area contributed by atoms with E-state index >= 15 is 0 Å². The molecule has 0 saturated carbocycles. The lowest BCUT2D eigenvalue weighted by molar-refractivity contribution is -0.136. The molecule has 4 aliphatic rings. The molecule has 1 unspecified atom stereocenters. The number of imide groups is 2. The Hall–Kier alpha value is -4.64. The minimum absolute atomic E-state index is 0.109. The van der Waals surface area contributed by atoms with E-state index in [4.69, 9.17) is 0 Å². The van der Waals surface area contributed by atoms with Crippen LogP contribution in [0.2, 0.25) is 0 Å². The summed E-state index contributed by atoms with van der Waals surface area (Å²) in [5.41, 5.74) is 3.93. The van der Waals surface area contributed by atoms with Crippen molar-refractivity contribution in [3.05, 3.63) is 77.6 Å². The molecule has 1 aromatic heterocycles. The fourth-order valence-electron chi connectivity index (χ4n) is 7.07. The van der Waals surface area contributed by atoms with Crippen LogP contribution in [0.5, 0.6) is 0 Å². The van der Waals surface area contributed by atoms with Crippen molar-refractivity contribution in [2.24, 2.45) is 0 Å². The highest BCUT2D eigenvalue weighted by atomic mass is 16.2. The van der Waals surface area contributed by atoms with Gasteiger partial charge in [0.05, 0.1) is 11.1 Å². The number of amides is 4. The van der Waals surface area contributed by atoms with Gasteiger partial charge in [-0.3, -0.25) is 29.4 Å². The SMILES string of the molecule is O=C1CCC(N2C(=O)c3ccc(N4CCC(N5CCC(c6ccc(Nc7ncccn7)cc6)CC5)CC4)cc3C2=O)C(=O)N1. The van der Waals surface area contributed by atoms with Gasteiger partial charge in [0.15, 0.2) is 0 Å². The third-order valence-electron chi connectivity index (χ3n) is 9.50. The molecule has 11 nitrogen and oxygen atoms in total. The van der Waals surface area contributed by atoms with Crippen molar-refractivity contribution in [1.29, 1.82) is 0 Å². The Bertz CT molecular complexity index is 1580. The summed E-state index contributed by atoms with van der Waals surface area (Å²) in [6.45, 7) is 3.92. The summed E-state index contributed by atoms with van der Waals surface area (Å²) in [5, 5.41) is 5.49. The van der Waals surface area contributed by atoms with E-state index < -0.39 is 23.8 Å². The van der Waals surface area contributed by atoms with Crippen LogP contribution in [0.15, 0.2) is 60.9 Å². The maximum absolute atomic E-state index is 13.3. The van der Waals surface area contributed by atoms with E-state index in [0.717, 1.165) is 68.1 Å². The van der Waals surface area contributed by atoms with Gasteiger partial charge >= 0.3 is 0 Å². The molecule has 3 aromatic rings. The first kappa shape index (κ1) is 28.1. The van der Waals surface area contributed by atoms with Crippen molar-refractivity contribution in [2.45, 2.75) is 56.5 Å². The number of carbonyl (C=O) groups excluding carboxylic acids is 4. The number of anilines is 3. The maximum atomic E-state index is 13.3. The fraction of sp³-hybridized carbons (Fsp3) is 0.394. The lowest BCUT2D eigenvalue weighted by Gasteiger charge is -2.42. The Balaban J connectivity index is 0.919. The fourth-order valence-corrected chi connectivity index (χ4v) is 7.07. The molecular formula is C33H35N7O4. The van der Waals surface area contributed by atoms with E-state index in [9.17, 15) is 19.2 Å². The van der Waals surface area contributed by atoms with Crippen LogP contribution >= 0.6 is 0 Å². The van der Waals surface area contributed by atoms with Gasteiger partial charge in [-0.05, 0) is 93.1 Å². The number of carbonyl (C=O) groups is 4. The number of fused-ring (bicyclic) bond motifs is 1. The van der Waals surface area contributed by atoms with Crippen LogP contribution in [-0.2, 0) is 9.59 Å². The van der Waals surface area contributed by atoms with Crippen molar-refractivity contribution in [2.75, 3.05) is 36.4 Å². The lowest BCUT2D eigenvalue weighted by atomic mass is 9.88. The number of nitrogens with zero attached hydrogens (tertiary/aromatic N) is 5. The van der Waals surface area contributed by atoms with E-state index in [1.54, 1.807) is 30.6 Å². The first-order valence-corrected chi connectivity index (χ1v) is 15.4. The van der Waals surface area contributed by atoms with Crippen LogP contribution in [0.3, 0.4) is 0 Å². The number of hydrogen-bond acceptors (Lipinski definition) is 9. The Labute approximate surface area is 255 Å². The molecule has 0 spiro atoms. The van der Waals surface area contributed by atoms with E-state index in [1.165, 1.54) is 5.56 Å². The Morgan fingerprint density at radius 2 is 1.48 bits per heavy atom. The van der Waals surface area contributed by atoms with Crippen LogP contribution in [0.25, 0.3) is 0 Å². The molecule has 5 heterocycles. The second-order valence-electron chi connectivity index (χ2n) is 12.0. The summed E-state index contributed by atoms with van der Waals surface area (Å²) in [6, 6.07) is 15.4. The van der Waals surface area contributed by atoms with Gasteiger partial charge in [-0.2, -0.15) is 0 Å². The summed E-state index contributed by atoms with van der Waals surface area (Å²) in [4.78, 5) is 64.6. The first-order valence-electron chi connectivity index (χ1n) is 15.4. The molecule has 0 bridgehead atoms. The predicted octanol–water partition coefficient (Wildman–Crippen LogP) is 3.47.